The van der Waals surface area contributed by atoms with Crippen LogP contribution in [0.3, 0.4) is 0 Å². The van der Waals surface area contributed by atoms with E-state index in [-0.39, 0.29) is 18.3 Å². The van der Waals surface area contributed by atoms with Gasteiger partial charge in [-0.3, -0.25) is 10.2 Å². The molecule has 2 fully saturated rings. The van der Waals surface area contributed by atoms with Gasteiger partial charge in [-0.25, -0.2) is 14.4 Å². The fourth-order valence-corrected chi connectivity index (χ4v) is 4.30. The van der Waals surface area contributed by atoms with Crippen LogP contribution in [-0.4, -0.2) is 50.9 Å². The molecule has 1 aromatic heterocycles. The van der Waals surface area contributed by atoms with E-state index >= 15 is 4.39 Å². The third-order valence-electron chi connectivity index (χ3n) is 5.46. The number of amides is 1. The highest BCUT2D eigenvalue weighted by molar-refractivity contribution is 5.72. The van der Waals surface area contributed by atoms with Crippen molar-refractivity contribution in [1.29, 1.82) is 0 Å². The zero-order valence-electron chi connectivity index (χ0n) is 13.9. The van der Waals surface area contributed by atoms with Crippen LogP contribution in [0, 0.1) is 0 Å². The van der Waals surface area contributed by atoms with Gasteiger partial charge in [0.05, 0.1) is 18.4 Å². The minimum atomic E-state index is -4.62. The lowest BCUT2D eigenvalue weighted by atomic mass is 9.74. The summed E-state index contributed by atoms with van der Waals surface area (Å²) in [4.78, 5) is 20.2. The van der Waals surface area contributed by atoms with E-state index in [1.54, 1.807) is 4.90 Å². The van der Waals surface area contributed by atoms with Crippen molar-refractivity contribution in [3.63, 3.8) is 0 Å². The molecule has 2 saturated heterocycles. The first kappa shape index (κ1) is 17.7. The molecule has 4 heterocycles. The molecule has 0 aliphatic carbocycles. The van der Waals surface area contributed by atoms with Gasteiger partial charge in [0.15, 0.2) is 5.69 Å². The van der Waals surface area contributed by atoms with Crippen molar-refractivity contribution < 1.29 is 22.4 Å². The maximum Gasteiger partial charge on any atom is 0.434 e. The number of carbonyl (C=O) groups excluding carboxylic acids is 1. The van der Waals surface area contributed by atoms with Crippen molar-refractivity contribution in [2.75, 3.05) is 5.32 Å². The number of nitrogens with one attached hydrogen (secondary N) is 2. The summed E-state index contributed by atoms with van der Waals surface area (Å²) in [5.41, 5.74) is -0.0404. The van der Waals surface area contributed by atoms with Gasteiger partial charge in [0.1, 0.15) is 11.4 Å². The van der Waals surface area contributed by atoms with Crippen LogP contribution in [0.25, 0.3) is 0 Å². The Morgan fingerprint density at radius 3 is 2.67 bits per heavy atom. The molecule has 3 aliphatic heterocycles. The van der Waals surface area contributed by atoms with Gasteiger partial charge in [-0.1, -0.05) is 0 Å². The van der Waals surface area contributed by atoms with Crippen LogP contribution in [0.2, 0.25) is 0 Å². The van der Waals surface area contributed by atoms with Crippen LogP contribution in [0.15, 0.2) is 29.6 Å². The molecule has 144 valence electrons. The zero-order chi connectivity index (χ0) is 19.3. The number of allylic oxidation sites excluding steroid dienone is 1. The summed E-state index contributed by atoms with van der Waals surface area (Å²) in [5.74, 6) is -2.17. The van der Waals surface area contributed by atoms with Gasteiger partial charge in [0.2, 0.25) is 12.2 Å². The lowest BCUT2D eigenvalue weighted by Crippen LogP contribution is -2.68. The molecule has 0 radical (unpaired) electrons. The Balaban J connectivity index is 1.71. The Hall–Kier alpha value is -2.72. The minimum absolute atomic E-state index is 0.0109. The van der Waals surface area contributed by atoms with Crippen molar-refractivity contribution in [3.05, 3.63) is 30.2 Å². The summed E-state index contributed by atoms with van der Waals surface area (Å²) in [6.07, 6.45) is 3.22. The fourth-order valence-electron chi connectivity index (χ4n) is 4.30. The molecule has 1 unspecified atom stereocenters. The van der Waals surface area contributed by atoms with E-state index in [4.69, 9.17) is 0 Å². The van der Waals surface area contributed by atoms with E-state index in [1.165, 1.54) is 18.4 Å². The Morgan fingerprint density at radius 2 is 2.11 bits per heavy atom. The monoisotopic (exact) mass is 384 g/mol. The summed E-state index contributed by atoms with van der Waals surface area (Å²) >= 11 is 0. The average molecular weight is 384 g/mol. The van der Waals surface area contributed by atoms with Crippen molar-refractivity contribution in [3.8, 4) is 0 Å². The van der Waals surface area contributed by atoms with E-state index < -0.39 is 29.2 Å². The normalized spacial score (nSPS) is 34.6. The predicted octanol–water partition coefficient (Wildman–Crippen LogP) is 1.85. The number of hydrazone groups is 1. The molecule has 11 heteroatoms. The van der Waals surface area contributed by atoms with Gasteiger partial charge < -0.3 is 10.2 Å². The minimum Gasteiger partial charge on any atom is -0.356 e. The fraction of sp³-hybridized carbons (Fsp3) is 0.500. The van der Waals surface area contributed by atoms with Gasteiger partial charge in [-0.15, -0.1) is 0 Å². The Kier molecular flexibility index (Phi) is 3.86. The van der Waals surface area contributed by atoms with Crippen LogP contribution < -0.4 is 10.7 Å². The van der Waals surface area contributed by atoms with E-state index in [0.29, 0.717) is 19.0 Å². The molecule has 2 N–H and O–H groups in total. The van der Waals surface area contributed by atoms with Gasteiger partial charge in [-0.05, 0) is 31.4 Å². The van der Waals surface area contributed by atoms with Crippen molar-refractivity contribution in [2.45, 2.75) is 48.9 Å². The summed E-state index contributed by atoms with van der Waals surface area (Å²) in [5, 5.41) is 6.71. The second-order valence-corrected chi connectivity index (χ2v) is 6.85. The van der Waals surface area contributed by atoms with Crippen LogP contribution >= 0.6 is 0 Å². The Bertz CT molecular complexity index is 797. The van der Waals surface area contributed by atoms with Gasteiger partial charge >= 0.3 is 6.18 Å². The number of carbonyl (C=O) groups is 1. The first-order chi connectivity index (χ1) is 12.8. The molecule has 1 amide bonds. The number of fused-ring (bicyclic) bond motifs is 2. The smallest absolute Gasteiger partial charge is 0.356 e. The molecule has 3 aliphatic rings. The summed E-state index contributed by atoms with van der Waals surface area (Å²) in [6.45, 7) is 0. The third-order valence-corrected chi connectivity index (χ3v) is 5.46. The number of hydrogen-bond acceptors (Lipinski definition) is 6. The molecule has 0 saturated carbocycles. The summed E-state index contributed by atoms with van der Waals surface area (Å²) in [6, 6.07) is -0.685. The number of halogens is 4. The van der Waals surface area contributed by atoms with Crippen LogP contribution in [0.5, 0.6) is 0 Å². The first-order valence-electron chi connectivity index (χ1n) is 8.36. The molecule has 4 atom stereocenters. The quantitative estimate of drug-likeness (QED) is 0.470. The molecule has 0 spiro atoms. The Labute approximate surface area is 151 Å². The number of hydrogen-bond donors (Lipinski definition) is 2. The van der Waals surface area contributed by atoms with E-state index in [0.717, 1.165) is 12.6 Å². The van der Waals surface area contributed by atoms with E-state index in [1.807, 2.05) is 0 Å². The second-order valence-electron chi connectivity index (χ2n) is 6.85. The average Bonchev–Trinajstić information content (AvgIpc) is 3.17. The van der Waals surface area contributed by atoms with Crippen molar-refractivity contribution >= 4 is 18.4 Å². The number of aromatic nitrogens is 2. The van der Waals surface area contributed by atoms with Gasteiger partial charge in [0.25, 0.3) is 0 Å². The molecule has 1 aromatic rings. The summed E-state index contributed by atoms with van der Waals surface area (Å²) < 4.78 is 54.0. The molecule has 0 aromatic carbocycles. The predicted molar refractivity (Wildman–Crippen MR) is 87.3 cm³/mol. The largest absolute Gasteiger partial charge is 0.434 e. The maximum absolute atomic E-state index is 15.9. The topological polar surface area (TPSA) is 82.5 Å². The maximum atomic E-state index is 15.9. The highest BCUT2D eigenvalue weighted by Crippen LogP contribution is 2.51. The second kappa shape index (κ2) is 5.89. The van der Waals surface area contributed by atoms with E-state index in [2.05, 4.69) is 25.8 Å². The SMILES string of the molecule is O=CN1[C@@H]2CC[C@H]1[C@@](Nc1cnc(C(F)(F)F)cn1)(C1(F)C=CC=NN1)C2. The molecular weight excluding hydrogens is 368 g/mol. The molecule has 2 bridgehead atoms. The number of rotatable bonds is 4. The summed E-state index contributed by atoms with van der Waals surface area (Å²) in [7, 11) is 0. The molecule has 27 heavy (non-hydrogen) atoms. The molecule has 4 rings (SSSR count). The lowest BCUT2D eigenvalue weighted by molar-refractivity contribution is -0.141. The zero-order valence-corrected chi connectivity index (χ0v) is 13.9. The number of nitrogens with zero attached hydrogens (tertiary/aromatic N) is 4. The lowest BCUT2D eigenvalue weighted by Gasteiger charge is -2.46. The van der Waals surface area contributed by atoms with Crippen LogP contribution in [-0.2, 0) is 11.0 Å². The number of alkyl halides is 4. The first-order valence-corrected chi connectivity index (χ1v) is 8.36. The highest BCUT2D eigenvalue weighted by Gasteiger charge is 2.66. The standard InChI is InChI=1S/C16H16F4N6O/c17-15(4-1-5-23-25-15)14(6-10-2-3-12(14)26(10)9-27)24-13-8-21-11(7-22-13)16(18,19)20/h1,4-5,7-10,12,25H,2-3,6H2,(H,22,24)/t10-,12+,14-,15?/m1/s1. The van der Waals surface area contributed by atoms with Crippen molar-refractivity contribution in [2.24, 2.45) is 5.10 Å². The van der Waals surface area contributed by atoms with Crippen molar-refractivity contribution in [1.82, 2.24) is 20.3 Å². The number of anilines is 1. The van der Waals surface area contributed by atoms with Crippen LogP contribution in [0.4, 0.5) is 23.4 Å². The third kappa shape index (κ3) is 2.63. The molecule has 7 nitrogen and oxygen atoms in total. The highest BCUT2D eigenvalue weighted by atomic mass is 19.4. The van der Waals surface area contributed by atoms with E-state index in [9.17, 15) is 18.0 Å². The van der Waals surface area contributed by atoms with Crippen LogP contribution in [0.1, 0.15) is 25.0 Å². The molecular formula is C16H16F4N6O. The van der Waals surface area contributed by atoms with Gasteiger partial charge in [-0.2, -0.15) is 18.3 Å². The van der Waals surface area contributed by atoms with Gasteiger partial charge in [0, 0.05) is 12.3 Å². The Morgan fingerprint density at radius 1 is 1.30 bits per heavy atom.